The average Bonchev–Trinajstić information content (AvgIpc) is 2.95. The Balaban J connectivity index is 0.00000220. The molecule has 21 heavy (non-hydrogen) atoms. The number of hydrogen-bond acceptors (Lipinski definition) is 4. The van der Waals surface area contributed by atoms with Gasteiger partial charge >= 0.3 is 0 Å². The number of ether oxygens (including phenoxy) is 2. The van der Waals surface area contributed by atoms with E-state index >= 15 is 0 Å². The maximum Gasteiger partial charge on any atom is 0.250 e. The molecule has 0 spiro atoms. The van der Waals surface area contributed by atoms with Crippen molar-refractivity contribution >= 4 is 18.3 Å². The highest BCUT2D eigenvalue weighted by Gasteiger charge is 2.34. The molecule has 1 aliphatic carbocycles. The summed E-state index contributed by atoms with van der Waals surface area (Å²) in [5.74, 6) is 0.0277. The van der Waals surface area contributed by atoms with E-state index in [0.29, 0.717) is 13.2 Å². The standard InChI is InChI=1S/C15H28N2O3.ClH/c1-2-19-9-7-15(5-3-4-6-15)12-17-14(18)13-11-16-8-10-20-13;/h13,16H,2-12H2,1H3,(H,17,18);1H. The first-order valence-electron chi connectivity index (χ1n) is 7.93. The maximum atomic E-state index is 12.1. The first-order valence-corrected chi connectivity index (χ1v) is 7.93. The number of rotatable bonds is 7. The molecule has 5 nitrogen and oxygen atoms in total. The Kier molecular flexibility index (Phi) is 8.56. The van der Waals surface area contributed by atoms with Crippen LogP contribution >= 0.6 is 12.4 Å². The molecule has 1 amide bonds. The van der Waals surface area contributed by atoms with Crippen LogP contribution in [0.3, 0.4) is 0 Å². The topological polar surface area (TPSA) is 59.6 Å². The number of carbonyl (C=O) groups is 1. The number of halogens is 1. The van der Waals surface area contributed by atoms with Crippen LogP contribution in [0.4, 0.5) is 0 Å². The summed E-state index contributed by atoms with van der Waals surface area (Å²) >= 11 is 0. The van der Waals surface area contributed by atoms with Gasteiger partial charge in [0.2, 0.25) is 5.91 Å². The van der Waals surface area contributed by atoms with Gasteiger partial charge in [-0.15, -0.1) is 12.4 Å². The van der Waals surface area contributed by atoms with Gasteiger partial charge in [0.1, 0.15) is 6.10 Å². The third-order valence-corrected chi connectivity index (χ3v) is 4.50. The van der Waals surface area contributed by atoms with Crippen molar-refractivity contribution in [3.63, 3.8) is 0 Å². The molecule has 124 valence electrons. The fourth-order valence-electron chi connectivity index (χ4n) is 3.20. The molecule has 0 radical (unpaired) electrons. The van der Waals surface area contributed by atoms with E-state index in [4.69, 9.17) is 9.47 Å². The van der Waals surface area contributed by atoms with Crippen LogP contribution in [0.2, 0.25) is 0 Å². The highest BCUT2D eigenvalue weighted by Crippen LogP contribution is 2.40. The van der Waals surface area contributed by atoms with E-state index < -0.39 is 0 Å². The molecule has 0 aromatic rings. The molecule has 1 unspecified atom stereocenters. The molecule has 2 rings (SSSR count). The summed E-state index contributed by atoms with van der Waals surface area (Å²) in [6.45, 7) is 6.43. The zero-order valence-corrected chi connectivity index (χ0v) is 13.8. The van der Waals surface area contributed by atoms with Crippen molar-refractivity contribution in [2.45, 2.75) is 45.1 Å². The van der Waals surface area contributed by atoms with E-state index in [9.17, 15) is 4.79 Å². The second-order valence-corrected chi connectivity index (χ2v) is 5.94. The summed E-state index contributed by atoms with van der Waals surface area (Å²) in [6, 6.07) is 0. The van der Waals surface area contributed by atoms with E-state index in [1.54, 1.807) is 0 Å². The van der Waals surface area contributed by atoms with Crippen molar-refractivity contribution in [1.82, 2.24) is 10.6 Å². The van der Waals surface area contributed by atoms with Gasteiger partial charge in [0.05, 0.1) is 6.61 Å². The van der Waals surface area contributed by atoms with Crippen LogP contribution in [0.25, 0.3) is 0 Å². The Hall–Kier alpha value is -0.360. The highest BCUT2D eigenvalue weighted by molar-refractivity contribution is 5.85. The summed E-state index contributed by atoms with van der Waals surface area (Å²) in [5, 5.41) is 6.29. The summed E-state index contributed by atoms with van der Waals surface area (Å²) in [4.78, 5) is 12.1. The number of morpholine rings is 1. The summed E-state index contributed by atoms with van der Waals surface area (Å²) in [6.07, 6.45) is 5.65. The third-order valence-electron chi connectivity index (χ3n) is 4.50. The van der Waals surface area contributed by atoms with E-state index in [2.05, 4.69) is 10.6 Å². The monoisotopic (exact) mass is 320 g/mol. The van der Waals surface area contributed by atoms with Crippen molar-refractivity contribution in [2.24, 2.45) is 5.41 Å². The average molecular weight is 321 g/mol. The Bertz CT molecular complexity index is 303. The fraction of sp³-hybridized carbons (Fsp3) is 0.933. The minimum atomic E-state index is -0.325. The van der Waals surface area contributed by atoms with Gasteiger partial charge in [-0.3, -0.25) is 4.79 Å². The number of nitrogens with one attached hydrogen (secondary N) is 2. The smallest absolute Gasteiger partial charge is 0.250 e. The Morgan fingerprint density at radius 3 is 2.81 bits per heavy atom. The molecule has 2 fully saturated rings. The predicted octanol–water partition coefficient (Wildman–Crippen LogP) is 1.50. The van der Waals surface area contributed by atoms with Crippen LogP contribution in [0, 0.1) is 5.41 Å². The summed E-state index contributed by atoms with van der Waals surface area (Å²) < 4.78 is 11.0. The molecule has 0 aromatic heterocycles. The van der Waals surface area contributed by atoms with Crippen molar-refractivity contribution in [3.05, 3.63) is 0 Å². The quantitative estimate of drug-likeness (QED) is 0.698. The molecule has 1 saturated heterocycles. The van der Waals surface area contributed by atoms with Gasteiger partial charge in [0.15, 0.2) is 0 Å². The zero-order chi connectivity index (χ0) is 14.3. The molecule has 1 saturated carbocycles. The predicted molar refractivity (Wildman–Crippen MR) is 84.9 cm³/mol. The van der Waals surface area contributed by atoms with Crippen molar-refractivity contribution in [1.29, 1.82) is 0 Å². The molecule has 1 atom stereocenters. The van der Waals surface area contributed by atoms with Crippen LogP contribution < -0.4 is 10.6 Å². The van der Waals surface area contributed by atoms with Crippen molar-refractivity contribution in [2.75, 3.05) is 39.5 Å². The molecular weight excluding hydrogens is 292 g/mol. The van der Waals surface area contributed by atoms with Gasteiger partial charge in [-0.25, -0.2) is 0 Å². The molecule has 2 N–H and O–H groups in total. The van der Waals surface area contributed by atoms with Crippen LogP contribution in [-0.2, 0) is 14.3 Å². The maximum absolute atomic E-state index is 12.1. The lowest BCUT2D eigenvalue weighted by Gasteiger charge is -2.30. The van der Waals surface area contributed by atoms with Gasteiger partial charge in [-0.2, -0.15) is 0 Å². The molecule has 6 heteroatoms. The minimum absolute atomic E-state index is 0. The van der Waals surface area contributed by atoms with E-state index in [-0.39, 0.29) is 29.8 Å². The lowest BCUT2D eigenvalue weighted by molar-refractivity contribution is -0.134. The Morgan fingerprint density at radius 2 is 2.19 bits per heavy atom. The molecule has 1 aliphatic heterocycles. The second kappa shape index (κ2) is 9.62. The molecule has 1 heterocycles. The molecular formula is C15H29ClN2O3. The first kappa shape index (κ1) is 18.7. The van der Waals surface area contributed by atoms with Crippen LogP contribution in [0.15, 0.2) is 0 Å². The summed E-state index contributed by atoms with van der Waals surface area (Å²) in [5.41, 5.74) is 0.243. The Morgan fingerprint density at radius 1 is 1.43 bits per heavy atom. The number of hydrogen-bond donors (Lipinski definition) is 2. The zero-order valence-electron chi connectivity index (χ0n) is 13.0. The van der Waals surface area contributed by atoms with Crippen LogP contribution in [0.5, 0.6) is 0 Å². The fourth-order valence-corrected chi connectivity index (χ4v) is 3.20. The van der Waals surface area contributed by atoms with Crippen molar-refractivity contribution in [3.8, 4) is 0 Å². The first-order chi connectivity index (χ1) is 9.76. The highest BCUT2D eigenvalue weighted by atomic mass is 35.5. The summed E-state index contributed by atoms with van der Waals surface area (Å²) in [7, 11) is 0. The number of amides is 1. The molecule has 0 bridgehead atoms. The van der Waals surface area contributed by atoms with Gasteiger partial charge < -0.3 is 20.1 Å². The van der Waals surface area contributed by atoms with Crippen LogP contribution in [-0.4, -0.2) is 51.5 Å². The normalized spacial score (nSPS) is 24.3. The lowest BCUT2D eigenvalue weighted by Crippen LogP contribution is -2.49. The van der Waals surface area contributed by atoms with Gasteiger partial charge in [0.25, 0.3) is 0 Å². The van der Waals surface area contributed by atoms with Crippen LogP contribution in [0.1, 0.15) is 39.0 Å². The van der Waals surface area contributed by atoms with E-state index in [1.807, 2.05) is 6.92 Å². The Labute approximate surface area is 133 Å². The number of carbonyl (C=O) groups excluding carboxylic acids is 1. The van der Waals surface area contributed by atoms with Gasteiger partial charge in [-0.05, 0) is 31.6 Å². The van der Waals surface area contributed by atoms with E-state index in [0.717, 1.165) is 32.7 Å². The van der Waals surface area contributed by atoms with Gasteiger partial charge in [-0.1, -0.05) is 12.8 Å². The molecule has 0 aromatic carbocycles. The van der Waals surface area contributed by atoms with Crippen molar-refractivity contribution < 1.29 is 14.3 Å². The van der Waals surface area contributed by atoms with E-state index in [1.165, 1.54) is 25.7 Å². The van der Waals surface area contributed by atoms with Gasteiger partial charge in [0, 0.05) is 32.8 Å². The minimum Gasteiger partial charge on any atom is -0.382 e. The third kappa shape index (κ3) is 5.74. The second-order valence-electron chi connectivity index (χ2n) is 5.94. The molecule has 2 aliphatic rings. The SMILES string of the molecule is CCOCCC1(CNC(=O)C2CNCCO2)CCCC1.Cl. The lowest BCUT2D eigenvalue weighted by atomic mass is 9.83. The largest absolute Gasteiger partial charge is 0.382 e.